The highest BCUT2D eigenvalue weighted by Gasteiger charge is 2.29. The van der Waals surface area contributed by atoms with Crippen molar-refractivity contribution in [3.05, 3.63) is 52.3 Å². The van der Waals surface area contributed by atoms with Crippen LogP contribution in [-0.2, 0) is 4.79 Å². The quantitative estimate of drug-likeness (QED) is 0.889. The first-order valence-corrected chi connectivity index (χ1v) is 7.13. The molecule has 6 heteroatoms. The predicted molar refractivity (Wildman–Crippen MR) is 81.0 cm³/mol. The third-order valence-electron chi connectivity index (χ3n) is 3.27. The summed E-state index contributed by atoms with van der Waals surface area (Å²) in [4.78, 5) is 11.8. The van der Waals surface area contributed by atoms with Crippen LogP contribution in [0.1, 0.15) is 11.6 Å². The van der Waals surface area contributed by atoms with Crippen molar-refractivity contribution < 1.29 is 13.9 Å². The average Bonchev–Trinajstić information content (AvgIpc) is 2.76. The summed E-state index contributed by atoms with van der Waals surface area (Å²) in [6.07, 6.45) is 0. The summed E-state index contributed by atoms with van der Waals surface area (Å²) in [6.45, 7) is 0. The van der Waals surface area contributed by atoms with Crippen LogP contribution < -0.4 is 15.4 Å². The molecule has 2 aromatic carbocycles. The molecule has 0 saturated carbocycles. The van der Waals surface area contributed by atoms with Crippen molar-refractivity contribution in [2.45, 2.75) is 6.04 Å². The van der Waals surface area contributed by atoms with E-state index in [2.05, 4.69) is 26.6 Å². The first kappa shape index (κ1) is 14.0. The number of amides is 1. The van der Waals surface area contributed by atoms with Gasteiger partial charge < -0.3 is 15.4 Å². The molecule has 4 nitrogen and oxygen atoms in total. The summed E-state index contributed by atoms with van der Waals surface area (Å²) in [6, 6.07) is 9.22. The van der Waals surface area contributed by atoms with Crippen molar-refractivity contribution in [3.63, 3.8) is 0 Å². The van der Waals surface area contributed by atoms with Gasteiger partial charge in [-0.15, -0.1) is 0 Å². The molecule has 2 aromatic rings. The zero-order chi connectivity index (χ0) is 15.0. The van der Waals surface area contributed by atoms with Gasteiger partial charge in [-0.1, -0.05) is 6.07 Å². The van der Waals surface area contributed by atoms with Crippen LogP contribution in [0.3, 0.4) is 0 Å². The lowest BCUT2D eigenvalue weighted by Crippen LogP contribution is -2.23. The van der Waals surface area contributed by atoms with E-state index in [9.17, 15) is 9.18 Å². The Morgan fingerprint density at radius 2 is 2.10 bits per heavy atom. The molecule has 1 unspecified atom stereocenters. The van der Waals surface area contributed by atoms with Crippen LogP contribution in [-0.4, -0.2) is 13.0 Å². The normalized spacial score (nSPS) is 16.5. The van der Waals surface area contributed by atoms with Gasteiger partial charge in [0.15, 0.2) is 0 Å². The van der Waals surface area contributed by atoms with Crippen molar-refractivity contribution in [2.75, 3.05) is 12.4 Å². The largest absolute Gasteiger partial charge is 0.456 e. The number of fused-ring (bicyclic) bond motifs is 1. The van der Waals surface area contributed by atoms with Crippen LogP contribution in [0.4, 0.5) is 10.1 Å². The molecular formula is C15H12BrFN2O2. The SMILES string of the molecule is CNC1C(=O)Nc2cc(Oc3ccc(F)cc3Br)ccc21. The molecule has 1 heterocycles. The minimum atomic E-state index is -0.341. The number of anilines is 1. The van der Waals surface area contributed by atoms with Crippen LogP contribution in [0.2, 0.25) is 0 Å². The van der Waals surface area contributed by atoms with E-state index >= 15 is 0 Å². The highest BCUT2D eigenvalue weighted by molar-refractivity contribution is 9.10. The summed E-state index contributed by atoms with van der Waals surface area (Å²) in [7, 11) is 1.74. The van der Waals surface area contributed by atoms with E-state index in [1.165, 1.54) is 12.1 Å². The Labute approximate surface area is 129 Å². The van der Waals surface area contributed by atoms with E-state index < -0.39 is 0 Å². The van der Waals surface area contributed by atoms with Crippen molar-refractivity contribution in [1.29, 1.82) is 0 Å². The molecule has 108 valence electrons. The predicted octanol–water partition coefficient (Wildman–Crippen LogP) is 3.59. The molecule has 21 heavy (non-hydrogen) atoms. The van der Waals surface area contributed by atoms with Gasteiger partial charge in [-0.25, -0.2) is 4.39 Å². The molecule has 1 amide bonds. The maximum atomic E-state index is 13.1. The molecule has 0 radical (unpaired) electrons. The molecule has 0 aromatic heterocycles. The van der Waals surface area contributed by atoms with Gasteiger partial charge in [-0.2, -0.15) is 0 Å². The average molecular weight is 351 g/mol. The third kappa shape index (κ3) is 2.64. The lowest BCUT2D eigenvalue weighted by Gasteiger charge is -2.10. The van der Waals surface area contributed by atoms with Crippen molar-refractivity contribution in [2.24, 2.45) is 0 Å². The Hall–Kier alpha value is -1.92. The number of ether oxygens (including phenoxy) is 1. The first-order valence-electron chi connectivity index (χ1n) is 6.33. The van der Waals surface area contributed by atoms with Gasteiger partial charge in [0.25, 0.3) is 0 Å². The number of rotatable bonds is 3. The number of carbonyl (C=O) groups is 1. The van der Waals surface area contributed by atoms with E-state index in [1.807, 2.05) is 6.07 Å². The van der Waals surface area contributed by atoms with E-state index in [0.717, 1.165) is 11.3 Å². The first-order chi connectivity index (χ1) is 10.1. The molecule has 0 saturated heterocycles. The summed E-state index contributed by atoms with van der Waals surface area (Å²) in [5.74, 6) is 0.642. The van der Waals surface area contributed by atoms with Crippen molar-refractivity contribution >= 4 is 27.5 Å². The number of carbonyl (C=O) groups excluding carboxylic acids is 1. The maximum Gasteiger partial charge on any atom is 0.246 e. The van der Waals surface area contributed by atoms with Gasteiger partial charge in [0.2, 0.25) is 5.91 Å². The fourth-order valence-corrected chi connectivity index (χ4v) is 2.71. The Morgan fingerprint density at radius 1 is 1.29 bits per heavy atom. The number of halogens is 2. The Kier molecular flexibility index (Phi) is 3.65. The topological polar surface area (TPSA) is 50.4 Å². The van der Waals surface area contributed by atoms with Crippen LogP contribution in [0.15, 0.2) is 40.9 Å². The monoisotopic (exact) mass is 350 g/mol. The van der Waals surface area contributed by atoms with Crippen LogP contribution in [0, 0.1) is 5.82 Å². The lowest BCUT2D eigenvalue weighted by molar-refractivity contribution is -0.117. The van der Waals surface area contributed by atoms with Gasteiger partial charge in [0, 0.05) is 17.3 Å². The summed E-state index contributed by atoms with van der Waals surface area (Å²) < 4.78 is 19.3. The molecule has 1 atom stereocenters. The highest BCUT2D eigenvalue weighted by atomic mass is 79.9. The number of benzene rings is 2. The number of hydrogen-bond donors (Lipinski definition) is 2. The number of nitrogens with one attached hydrogen (secondary N) is 2. The minimum Gasteiger partial charge on any atom is -0.456 e. The highest BCUT2D eigenvalue weighted by Crippen LogP contribution is 2.36. The van der Waals surface area contributed by atoms with E-state index in [4.69, 9.17) is 4.74 Å². The Morgan fingerprint density at radius 3 is 2.81 bits per heavy atom. The van der Waals surface area contributed by atoms with E-state index in [1.54, 1.807) is 25.2 Å². The van der Waals surface area contributed by atoms with Gasteiger partial charge in [-0.05, 0) is 47.2 Å². The van der Waals surface area contributed by atoms with Gasteiger partial charge in [0.05, 0.1) is 4.47 Å². The second-order valence-corrected chi connectivity index (χ2v) is 5.49. The molecule has 0 bridgehead atoms. The Balaban J connectivity index is 1.89. The molecular weight excluding hydrogens is 339 g/mol. The number of hydrogen-bond acceptors (Lipinski definition) is 3. The zero-order valence-corrected chi connectivity index (χ0v) is 12.7. The zero-order valence-electron chi connectivity index (χ0n) is 11.1. The van der Waals surface area contributed by atoms with Crippen molar-refractivity contribution in [3.8, 4) is 11.5 Å². The van der Waals surface area contributed by atoms with Crippen LogP contribution >= 0.6 is 15.9 Å². The smallest absolute Gasteiger partial charge is 0.246 e. The summed E-state index contributed by atoms with van der Waals surface area (Å²) in [5, 5.41) is 5.75. The third-order valence-corrected chi connectivity index (χ3v) is 3.89. The minimum absolute atomic E-state index is 0.0902. The summed E-state index contributed by atoms with van der Waals surface area (Å²) in [5.41, 5.74) is 1.60. The summed E-state index contributed by atoms with van der Waals surface area (Å²) >= 11 is 3.25. The van der Waals surface area contributed by atoms with Gasteiger partial charge >= 0.3 is 0 Å². The van der Waals surface area contributed by atoms with Crippen LogP contribution in [0.5, 0.6) is 11.5 Å². The molecule has 3 rings (SSSR count). The second kappa shape index (κ2) is 5.46. The van der Waals surface area contributed by atoms with Crippen molar-refractivity contribution in [1.82, 2.24) is 5.32 Å². The molecule has 1 aliphatic heterocycles. The molecule has 0 fully saturated rings. The van der Waals surface area contributed by atoms with E-state index in [0.29, 0.717) is 16.0 Å². The van der Waals surface area contributed by atoms with Gasteiger partial charge in [0.1, 0.15) is 23.4 Å². The van der Waals surface area contributed by atoms with Gasteiger partial charge in [-0.3, -0.25) is 4.79 Å². The lowest BCUT2D eigenvalue weighted by atomic mass is 10.1. The molecule has 0 spiro atoms. The molecule has 1 aliphatic rings. The maximum absolute atomic E-state index is 13.1. The molecule has 2 N–H and O–H groups in total. The molecule has 0 aliphatic carbocycles. The van der Waals surface area contributed by atoms with Crippen LogP contribution in [0.25, 0.3) is 0 Å². The van der Waals surface area contributed by atoms with E-state index in [-0.39, 0.29) is 17.8 Å². The fraction of sp³-hybridized carbons (Fsp3) is 0.133. The Bertz CT molecular complexity index is 721. The second-order valence-electron chi connectivity index (χ2n) is 4.64. The fourth-order valence-electron chi connectivity index (χ4n) is 2.28. The standard InChI is InChI=1S/C15H12BrFN2O2/c1-18-14-10-4-3-9(7-12(10)19-15(14)20)21-13-5-2-8(17)6-11(13)16/h2-7,14,18H,1H3,(H,19,20). The number of likely N-dealkylation sites (N-methyl/N-ethyl adjacent to an activating group) is 1.